The first-order valence-corrected chi connectivity index (χ1v) is 6.28. The van der Waals surface area contributed by atoms with Crippen molar-refractivity contribution < 1.29 is 4.42 Å². The second kappa shape index (κ2) is 5.61. The molecule has 2 aromatic rings. The van der Waals surface area contributed by atoms with Crippen LogP contribution in [0.4, 0.5) is 5.82 Å². The SMILES string of the molecule is CNc1cccc(CSCc2ccco2)n1. The fraction of sp³-hybridized carbons (Fsp3) is 0.250. The van der Waals surface area contributed by atoms with E-state index in [1.807, 2.05) is 37.4 Å². The molecule has 16 heavy (non-hydrogen) atoms. The summed E-state index contributed by atoms with van der Waals surface area (Å²) in [5, 5.41) is 3.03. The highest BCUT2D eigenvalue weighted by atomic mass is 32.2. The van der Waals surface area contributed by atoms with Crippen molar-refractivity contribution in [2.75, 3.05) is 12.4 Å². The average Bonchev–Trinajstić information content (AvgIpc) is 2.82. The van der Waals surface area contributed by atoms with Crippen LogP contribution < -0.4 is 5.32 Å². The van der Waals surface area contributed by atoms with E-state index in [4.69, 9.17) is 4.42 Å². The number of pyridine rings is 1. The fourth-order valence-corrected chi connectivity index (χ4v) is 2.19. The largest absolute Gasteiger partial charge is 0.468 e. The van der Waals surface area contributed by atoms with Crippen LogP contribution in [-0.4, -0.2) is 12.0 Å². The van der Waals surface area contributed by atoms with Gasteiger partial charge in [-0.25, -0.2) is 4.98 Å². The van der Waals surface area contributed by atoms with Crippen LogP contribution in [0.15, 0.2) is 41.0 Å². The van der Waals surface area contributed by atoms with E-state index in [-0.39, 0.29) is 0 Å². The number of nitrogens with zero attached hydrogens (tertiary/aromatic N) is 1. The molecule has 0 aliphatic carbocycles. The molecule has 2 rings (SSSR count). The Morgan fingerprint density at radius 2 is 2.19 bits per heavy atom. The van der Waals surface area contributed by atoms with E-state index in [1.165, 1.54) is 0 Å². The summed E-state index contributed by atoms with van der Waals surface area (Å²) in [5.41, 5.74) is 1.09. The molecule has 2 heterocycles. The van der Waals surface area contributed by atoms with E-state index >= 15 is 0 Å². The van der Waals surface area contributed by atoms with Gasteiger partial charge in [0.15, 0.2) is 0 Å². The van der Waals surface area contributed by atoms with Gasteiger partial charge in [0.25, 0.3) is 0 Å². The Bertz CT molecular complexity index is 428. The van der Waals surface area contributed by atoms with Gasteiger partial charge in [-0.15, -0.1) is 11.8 Å². The summed E-state index contributed by atoms with van der Waals surface area (Å²) >= 11 is 1.80. The highest BCUT2D eigenvalue weighted by Gasteiger charge is 1.99. The van der Waals surface area contributed by atoms with Crippen molar-refractivity contribution in [3.8, 4) is 0 Å². The maximum atomic E-state index is 5.26. The number of furan rings is 1. The lowest BCUT2D eigenvalue weighted by atomic mass is 10.4. The Morgan fingerprint density at radius 3 is 2.94 bits per heavy atom. The molecule has 2 aromatic heterocycles. The first kappa shape index (κ1) is 11.1. The normalized spacial score (nSPS) is 10.3. The molecule has 0 amide bonds. The molecule has 0 saturated carbocycles. The monoisotopic (exact) mass is 234 g/mol. The number of nitrogens with one attached hydrogen (secondary N) is 1. The summed E-state index contributed by atoms with van der Waals surface area (Å²) in [6.07, 6.45) is 1.70. The van der Waals surface area contributed by atoms with Crippen LogP contribution in [0.1, 0.15) is 11.5 Å². The third-order valence-corrected chi connectivity index (χ3v) is 3.13. The zero-order valence-electron chi connectivity index (χ0n) is 9.14. The van der Waals surface area contributed by atoms with E-state index < -0.39 is 0 Å². The number of aromatic nitrogens is 1. The number of anilines is 1. The van der Waals surface area contributed by atoms with Crippen molar-refractivity contribution in [3.05, 3.63) is 48.0 Å². The molecule has 3 nitrogen and oxygen atoms in total. The van der Waals surface area contributed by atoms with Crippen molar-refractivity contribution in [2.24, 2.45) is 0 Å². The maximum absolute atomic E-state index is 5.26. The van der Waals surface area contributed by atoms with Gasteiger partial charge in [0, 0.05) is 12.8 Å². The number of thioether (sulfide) groups is 1. The summed E-state index contributed by atoms with van der Waals surface area (Å²) in [6.45, 7) is 0. The van der Waals surface area contributed by atoms with Crippen LogP contribution in [0, 0.1) is 0 Å². The van der Waals surface area contributed by atoms with Crippen LogP contribution >= 0.6 is 11.8 Å². The molecule has 4 heteroatoms. The highest BCUT2D eigenvalue weighted by molar-refractivity contribution is 7.97. The predicted octanol–water partition coefficient (Wildman–Crippen LogP) is 3.15. The van der Waals surface area contributed by atoms with Crippen molar-refractivity contribution in [1.82, 2.24) is 4.98 Å². The number of hydrogen-bond donors (Lipinski definition) is 1. The van der Waals surface area contributed by atoms with Gasteiger partial charge in [0.05, 0.1) is 17.7 Å². The third-order valence-electron chi connectivity index (χ3n) is 2.14. The summed E-state index contributed by atoms with van der Waals surface area (Å²) in [4.78, 5) is 4.45. The molecule has 0 saturated heterocycles. The lowest BCUT2D eigenvalue weighted by molar-refractivity contribution is 0.530. The summed E-state index contributed by atoms with van der Waals surface area (Å²) in [5.74, 6) is 3.71. The van der Waals surface area contributed by atoms with E-state index in [9.17, 15) is 0 Å². The molecule has 0 aromatic carbocycles. The minimum atomic E-state index is 0.887. The van der Waals surface area contributed by atoms with Gasteiger partial charge in [0.1, 0.15) is 11.6 Å². The molecule has 0 fully saturated rings. The molecule has 0 bridgehead atoms. The Labute approximate surface area is 99.3 Å². The summed E-state index contributed by atoms with van der Waals surface area (Å²) < 4.78 is 5.26. The molecular formula is C12H14N2OS. The molecule has 0 aliphatic rings. The van der Waals surface area contributed by atoms with Gasteiger partial charge >= 0.3 is 0 Å². The molecule has 1 N–H and O–H groups in total. The number of rotatable bonds is 5. The molecule has 0 unspecified atom stereocenters. The molecule has 0 spiro atoms. The third kappa shape index (κ3) is 3.03. The molecule has 0 aliphatic heterocycles. The van der Waals surface area contributed by atoms with Crippen molar-refractivity contribution in [1.29, 1.82) is 0 Å². The number of hydrogen-bond acceptors (Lipinski definition) is 4. The minimum absolute atomic E-state index is 0.887. The van der Waals surface area contributed by atoms with Crippen LogP contribution in [0.2, 0.25) is 0 Å². The Hall–Kier alpha value is -1.42. The van der Waals surface area contributed by atoms with Crippen molar-refractivity contribution in [3.63, 3.8) is 0 Å². The average molecular weight is 234 g/mol. The van der Waals surface area contributed by atoms with Crippen LogP contribution in [-0.2, 0) is 11.5 Å². The van der Waals surface area contributed by atoms with E-state index in [0.717, 1.165) is 28.8 Å². The van der Waals surface area contributed by atoms with Gasteiger partial charge in [-0.3, -0.25) is 0 Å². The fourth-order valence-electron chi connectivity index (χ4n) is 1.35. The van der Waals surface area contributed by atoms with Gasteiger partial charge in [-0.05, 0) is 24.3 Å². The van der Waals surface area contributed by atoms with E-state index in [0.29, 0.717) is 0 Å². The first-order chi connectivity index (χ1) is 7.88. The van der Waals surface area contributed by atoms with E-state index in [2.05, 4.69) is 10.3 Å². The van der Waals surface area contributed by atoms with Crippen LogP contribution in [0.5, 0.6) is 0 Å². The van der Waals surface area contributed by atoms with Crippen LogP contribution in [0.25, 0.3) is 0 Å². The smallest absolute Gasteiger partial charge is 0.125 e. The standard InChI is InChI=1S/C12H14N2OS/c1-13-12-6-2-4-10(14-12)8-16-9-11-5-3-7-15-11/h2-7H,8-9H2,1H3,(H,13,14). The first-order valence-electron chi connectivity index (χ1n) is 5.12. The van der Waals surface area contributed by atoms with Crippen molar-refractivity contribution >= 4 is 17.6 Å². The summed E-state index contributed by atoms with van der Waals surface area (Å²) in [7, 11) is 1.88. The minimum Gasteiger partial charge on any atom is -0.468 e. The van der Waals surface area contributed by atoms with Crippen LogP contribution in [0.3, 0.4) is 0 Å². The van der Waals surface area contributed by atoms with Gasteiger partial charge in [-0.2, -0.15) is 0 Å². The van der Waals surface area contributed by atoms with Gasteiger partial charge < -0.3 is 9.73 Å². The highest BCUT2D eigenvalue weighted by Crippen LogP contribution is 2.17. The lowest BCUT2D eigenvalue weighted by Gasteiger charge is -2.03. The zero-order valence-corrected chi connectivity index (χ0v) is 9.96. The van der Waals surface area contributed by atoms with E-state index in [1.54, 1.807) is 18.0 Å². The molecule has 0 atom stereocenters. The predicted molar refractivity (Wildman–Crippen MR) is 67.5 cm³/mol. The second-order valence-corrected chi connectivity index (χ2v) is 4.32. The zero-order chi connectivity index (χ0) is 11.2. The van der Waals surface area contributed by atoms with Gasteiger partial charge in [0.2, 0.25) is 0 Å². The Balaban J connectivity index is 1.85. The maximum Gasteiger partial charge on any atom is 0.125 e. The second-order valence-electron chi connectivity index (χ2n) is 3.34. The molecular weight excluding hydrogens is 220 g/mol. The molecule has 0 radical (unpaired) electrons. The quantitative estimate of drug-likeness (QED) is 0.862. The Morgan fingerprint density at radius 1 is 1.25 bits per heavy atom. The lowest BCUT2D eigenvalue weighted by Crippen LogP contribution is -1.94. The van der Waals surface area contributed by atoms with Gasteiger partial charge in [-0.1, -0.05) is 6.07 Å². The Kier molecular flexibility index (Phi) is 3.88. The topological polar surface area (TPSA) is 38.1 Å². The van der Waals surface area contributed by atoms with Crippen molar-refractivity contribution in [2.45, 2.75) is 11.5 Å². The summed E-state index contributed by atoms with van der Waals surface area (Å²) in [6, 6.07) is 9.92. The molecule has 84 valence electrons.